The highest BCUT2D eigenvalue weighted by Crippen LogP contribution is 2.15. The molecule has 1 aromatic carbocycles. The van der Waals surface area contributed by atoms with Gasteiger partial charge in [-0.2, -0.15) is 0 Å². The normalized spacial score (nSPS) is 14.5. The summed E-state index contributed by atoms with van der Waals surface area (Å²) in [5.41, 5.74) is 1.65. The van der Waals surface area contributed by atoms with Crippen LogP contribution in [0, 0.1) is 0 Å². The summed E-state index contributed by atoms with van der Waals surface area (Å²) < 4.78 is 9.76. The molecule has 9 heteroatoms. The first kappa shape index (κ1) is 21.8. The standard InChI is InChI=1S/C23H27N5O4/c1-4-27-20-19(22(30)28(5-2)23(27)31)25(3)18(24-20)11-8-16-6-9-17(10-7-16)21(29)26-12-14-32-15-13-26/h6-11H,4-5,12-15H2,1-3H3. The van der Waals surface area contributed by atoms with Crippen molar-refractivity contribution in [2.24, 2.45) is 7.05 Å². The van der Waals surface area contributed by atoms with Crippen LogP contribution >= 0.6 is 0 Å². The van der Waals surface area contributed by atoms with Crippen LogP contribution in [-0.2, 0) is 24.9 Å². The van der Waals surface area contributed by atoms with Crippen LogP contribution in [0.1, 0.15) is 35.6 Å². The summed E-state index contributed by atoms with van der Waals surface area (Å²) in [6.45, 7) is 6.72. The Morgan fingerprint density at radius 1 is 1.03 bits per heavy atom. The quantitative estimate of drug-likeness (QED) is 0.604. The Labute approximate surface area is 185 Å². The van der Waals surface area contributed by atoms with Crippen LogP contribution in [0.5, 0.6) is 0 Å². The molecule has 3 aromatic rings. The summed E-state index contributed by atoms with van der Waals surface area (Å²) in [6, 6.07) is 7.36. The minimum absolute atomic E-state index is 0.00363. The molecular weight excluding hydrogens is 410 g/mol. The second kappa shape index (κ2) is 8.96. The van der Waals surface area contributed by atoms with E-state index in [0.29, 0.717) is 61.9 Å². The van der Waals surface area contributed by atoms with Crippen molar-refractivity contribution in [2.45, 2.75) is 26.9 Å². The number of nitrogens with zero attached hydrogens (tertiary/aromatic N) is 5. The van der Waals surface area contributed by atoms with Crippen LogP contribution in [0.3, 0.4) is 0 Å². The van der Waals surface area contributed by atoms with E-state index in [1.807, 2.05) is 25.1 Å². The molecule has 0 atom stereocenters. The summed E-state index contributed by atoms with van der Waals surface area (Å²) in [5, 5.41) is 0. The number of aryl methyl sites for hydroxylation is 2. The molecular formula is C23H27N5O4. The minimum atomic E-state index is -0.346. The number of hydrogen-bond donors (Lipinski definition) is 0. The van der Waals surface area contributed by atoms with E-state index in [-0.39, 0.29) is 17.2 Å². The lowest BCUT2D eigenvalue weighted by molar-refractivity contribution is 0.0303. The zero-order valence-corrected chi connectivity index (χ0v) is 18.6. The Hall–Kier alpha value is -3.46. The fourth-order valence-corrected chi connectivity index (χ4v) is 3.95. The monoisotopic (exact) mass is 437 g/mol. The first-order chi connectivity index (χ1) is 15.5. The molecule has 1 aliphatic rings. The Morgan fingerprint density at radius 3 is 2.31 bits per heavy atom. The highest BCUT2D eigenvalue weighted by Gasteiger charge is 2.19. The molecule has 0 aliphatic carbocycles. The zero-order chi connectivity index (χ0) is 22.8. The lowest BCUT2D eigenvalue weighted by atomic mass is 10.1. The minimum Gasteiger partial charge on any atom is -0.378 e. The van der Waals surface area contributed by atoms with Gasteiger partial charge in [-0.05, 0) is 37.6 Å². The van der Waals surface area contributed by atoms with Gasteiger partial charge in [-0.3, -0.25) is 18.7 Å². The van der Waals surface area contributed by atoms with Crippen molar-refractivity contribution >= 4 is 29.2 Å². The van der Waals surface area contributed by atoms with E-state index in [9.17, 15) is 14.4 Å². The predicted molar refractivity (Wildman–Crippen MR) is 123 cm³/mol. The van der Waals surface area contributed by atoms with Crippen LogP contribution < -0.4 is 11.2 Å². The fraction of sp³-hybridized carbons (Fsp3) is 0.391. The van der Waals surface area contributed by atoms with Crippen molar-refractivity contribution in [3.63, 3.8) is 0 Å². The third kappa shape index (κ3) is 3.80. The second-order valence-electron chi connectivity index (χ2n) is 7.64. The zero-order valence-electron chi connectivity index (χ0n) is 18.6. The van der Waals surface area contributed by atoms with Crippen LogP contribution in [0.15, 0.2) is 33.9 Å². The van der Waals surface area contributed by atoms with Gasteiger partial charge in [0.2, 0.25) is 0 Å². The number of carbonyl (C=O) groups is 1. The van der Waals surface area contributed by atoms with Crippen LogP contribution in [0.25, 0.3) is 23.3 Å². The van der Waals surface area contributed by atoms with Crippen LogP contribution in [-0.4, -0.2) is 55.8 Å². The first-order valence-corrected chi connectivity index (χ1v) is 10.8. The van der Waals surface area contributed by atoms with E-state index < -0.39 is 0 Å². The van der Waals surface area contributed by atoms with Gasteiger partial charge in [-0.25, -0.2) is 9.78 Å². The van der Waals surface area contributed by atoms with E-state index >= 15 is 0 Å². The molecule has 0 unspecified atom stereocenters. The maximum absolute atomic E-state index is 12.8. The summed E-state index contributed by atoms with van der Waals surface area (Å²) in [7, 11) is 1.77. The number of benzene rings is 1. The molecule has 0 radical (unpaired) electrons. The summed E-state index contributed by atoms with van der Waals surface area (Å²) >= 11 is 0. The van der Waals surface area contributed by atoms with Gasteiger partial charge in [-0.15, -0.1) is 0 Å². The van der Waals surface area contributed by atoms with E-state index in [1.165, 1.54) is 9.13 Å². The number of rotatable bonds is 5. The highest BCUT2D eigenvalue weighted by molar-refractivity contribution is 5.94. The van der Waals surface area contributed by atoms with Gasteiger partial charge in [0.05, 0.1) is 13.2 Å². The number of morpholine rings is 1. The van der Waals surface area contributed by atoms with Gasteiger partial charge in [0.25, 0.3) is 11.5 Å². The Bertz CT molecular complexity index is 1290. The van der Waals surface area contributed by atoms with E-state index in [4.69, 9.17) is 4.74 Å². The van der Waals surface area contributed by atoms with Gasteiger partial charge in [0.1, 0.15) is 5.82 Å². The van der Waals surface area contributed by atoms with Gasteiger partial charge in [-0.1, -0.05) is 18.2 Å². The van der Waals surface area contributed by atoms with Crippen LogP contribution in [0.4, 0.5) is 0 Å². The number of imidazole rings is 1. The molecule has 4 rings (SSSR count). The third-order valence-corrected chi connectivity index (χ3v) is 5.79. The molecule has 1 amide bonds. The van der Waals surface area contributed by atoms with Crippen molar-refractivity contribution in [3.8, 4) is 0 Å². The molecule has 3 heterocycles. The summed E-state index contributed by atoms with van der Waals surface area (Å²) in [4.78, 5) is 44.3. The van der Waals surface area contributed by atoms with Crippen molar-refractivity contribution in [1.82, 2.24) is 23.6 Å². The van der Waals surface area contributed by atoms with Gasteiger partial charge in [0, 0.05) is 38.8 Å². The maximum atomic E-state index is 12.8. The van der Waals surface area contributed by atoms with E-state index in [2.05, 4.69) is 4.98 Å². The van der Waals surface area contributed by atoms with Gasteiger partial charge < -0.3 is 14.2 Å². The number of aromatic nitrogens is 4. The highest BCUT2D eigenvalue weighted by atomic mass is 16.5. The van der Waals surface area contributed by atoms with E-state index in [1.54, 1.807) is 41.6 Å². The topological polar surface area (TPSA) is 91.4 Å². The molecule has 32 heavy (non-hydrogen) atoms. The SMILES string of the molecule is CCn1c(=O)c2c(nc(C=Cc3ccc(C(=O)N4CCOCC4)cc3)n2C)n(CC)c1=O. The van der Waals surface area contributed by atoms with Gasteiger partial charge >= 0.3 is 5.69 Å². The number of hydrogen-bond acceptors (Lipinski definition) is 5. The van der Waals surface area contributed by atoms with Crippen molar-refractivity contribution < 1.29 is 9.53 Å². The van der Waals surface area contributed by atoms with Gasteiger partial charge in [0.15, 0.2) is 11.2 Å². The number of fused-ring (bicyclic) bond motifs is 1. The fourth-order valence-electron chi connectivity index (χ4n) is 3.95. The Balaban J connectivity index is 1.63. The molecule has 0 bridgehead atoms. The van der Waals surface area contributed by atoms with Crippen molar-refractivity contribution in [3.05, 3.63) is 62.1 Å². The third-order valence-electron chi connectivity index (χ3n) is 5.79. The molecule has 168 valence electrons. The lowest BCUT2D eigenvalue weighted by Gasteiger charge is -2.26. The molecule has 1 fully saturated rings. The number of amides is 1. The molecule has 1 aliphatic heterocycles. The summed E-state index contributed by atoms with van der Waals surface area (Å²) in [6.07, 6.45) is 3.68. The molecule has 0 N–H and O–H groups in total. The van der Waals surface area contributed by atoms with E-state index in [0.717, 1.165) is 5.56 Å². The predicted octanol–water partition coefficient (Wildman–Crippen LogP) is 1.58. The smallest absolute Gasteiger partial charge is 0.332 e. The molecule has 0 spiro atoms. The molecule has 2 aromatic heterocycles. The Kier molecular flexibility index (Phi) is 6.09. The number of carbonyl (C=O) groups excluding carboxylic acids is 1. The largest absolute Gasteiger partial charge is 0.378 e. The maximum Gasteiger partial charge on any atom is 0.332 e. The second-order valence-corrected chi connectivity index (χ2v) is 7.64. The lowest BCUT2D eigenvalue weighted by Crippen LogP contribution is -2.40. The summed E-state index contributed by atoms with van der Waals surface area (Å²) in [5.74, 6) is 0.574. The average Bonchev–Trinajstić information content (AvgIpc) is 3.15. The Morgan fingerprint density at radius 2 is 1.69 bits per heavy atom. The number of ether oxygens (including phenoxy) is 1. The van der Waals surface area contributed by atoms with Crippen molar-refractivity contribution in [2.75, 3.05) is 26.3 Å². The van der Waals surface area contributed by atoms with Crippen LogP contribution in [0.2, 0.25) is 0 Å². The first-order valence-electron chi connectivity index (χ1n) is 10.8. The molecule has 0 saturated carbocycles. The molecule has 1 saturated heterocycles. The average molecular weight is 438 g/mol. The van der Waals surface area contributed by atoms with Crippen molar-refractivity contribution in [1.29, 1.82) is 0 Å². The molecule has 9 nitrogen and oxygen atoms in total.